The molecule has 1 aromatic heterocycles. The van der Waals surface area contributed by atoms with Gasteiger partial charge in [0.2, 0.25) is 5.95 Å². The summed E-state index contributed by atoms with van der Waals surface area (Å²) >= 11 is 6.09. The van der Waals surface area contributed by atoms with Crippen LogP contribution in [-0.2, 0) is 11.3 Å². The number of halogens is 1. The number of carbonyl (C=O) groups excluding carboxylic acids is 1. The van der Waals surface area contributed by atoms with Gasteiger partial charge in [-0.2, -0.15) is 4.98 Å². The summed E-state index contributed by atoms with van der Waals surface area (Å²) in [5.74, 6) is 0.00464. The van der Waals surface area contributed by atoms with Crippen molar-refractivity contribution in [1.29, 1.82) is 0 Å². The molecule has 0 aliphatic rings. The van der Waals surface area contributed by atoms with Crippen molar-refractivity contribution >= 4 is 29.4 Å². The normalized spacial score (nSPS) is 9.81. The quantitative estimate of drug-likeness (QED) is 0.436. The van der Waals surface area contributed by atoms with Gasteiger partial charge in [0.15, 0.2) is 0 Å². The van der Waals surface area contributed by atoms with Gasteiger partial charge in [-0.1, -0.05) is 11.6 Å². The number of nitrogen functional groups attached to an aromatic ring is 1. The van der Waals surface area contributed by atoms with Crippen molar-refractivity contribution in [3.63, 3.8) is 0 Å². The van der Waals surface area contributed by atoms with Gasteiger partial charge in [-0.05, 0) is 31.2 Å². The second-order valence-corrected chi connectivity index (χ2v) is 5.39. The molecule has 10 nitrogen and oxygen atoms in total. The van der Waals surface area contributed by atoms with Crippen LogP contribution in [0.1, 0.15) is 29.5 Å². The van der Waals surface area contributed by atoms with Crippen LogP contribution in [0.3, 0.4) is 0 Å². The molecule has 0 aliphatic heterocycles. The predicted molar refractivity (Wildman–Crippen MR) is 95.9 cm³/mol. The van der Waals surface area contributed by atoms with Crippen molar-refractivity contribution < 1.29 is 19.4 Å². The maximum absolute atomic E-state index is 12.0. The van der Waals surface area contributed by atoms with E-state index >= 15 is 0 Å². The number of carboxylic acid groups (broad SMARTS) is 1. The number of nitrogens with two attached hydrogens (primary N) is 2. The Bertz CT molecular complexity index is 733. The van der Waals surface area contributed by atoms with Gasteiger partial charge in [-0.3, -0.25) is 14.7 Å². The molecule has 0 radical (unpaired) electrons. The second-order valence-electron chi connectivity index (χ2n) is 4.98. The number of hydrogen-bond acceptors (Lipinski definition) is 7. The predicted octanol–water partition coefficient (Wildman–Crippen LogP) is 0.789. The number of rotatable bonds is 7. The number of hydrogen-bond donors (Lipinski definition) is 5. The van der Waals surface area contributed by atoms with Crippen LogP contribution >= 0.6 is 11.6 Å². The molecule has 0 atom stereocenters. The van der Waals surface area contributed by atoms with E-state index in [1.165, 1.54) is 0 Å². The molecule has 11 heteroatoms. The number of nitrogens with zero attached hydrogens (tertiary/aromatic N) is 2. The Balaban J connectivity index is 0.000000765. The van der Waals surface area contributed by atoms with E-state index in [1.807, 2.05) is 0 Å². The second kappa shape index (κ2) is 10.9. The first kappa shape index (κ1) is 21.2. The molecule has 7 N–H and O–H groups in total. The number of benzene rings is 1. The van der Waals surface area contributed by atoms with Crippen LogP contribution < -0.4 is 21.5 Å². The van der Waals surface area contributed by atoms with Gasteiger partial charge in [0, 0.05) is 12.5 Å². The van der Waals surface area contributed by atoms with Crippen LogP contribution in [0.2, 0.25) is 5.02 Å². The zero-order valence-corrected chi connectivity index (χ0v) is 14.9. The summed E-state index contributed by atoms with van der Waals surface area (Å²) in [5, 5.41) is 16.7. The number of aliphatic carboxylic acids is 1. The van der Waals surface area contributed by atoms with Crippen LogP contribution in [0.15, 0.2) is 18.2 Å². The molecular formula is C15H21ClN6O4. The lowest BCUT2D eigenvalue weighted by atomic mass is 10.2. The third kappa shape index (κ3) is 7.81. The van der Waals surface area contributed by atoms with Crippen LogP contribution in [-0.4, -0.2) is 45.3 Å². The maximum Gasteiger partial charge on any atom is 0.300 e. The molecule has 0 fully saturated rings. The molecule has 2 rings (SSSR count). The molecule has 142 valence electrons. The number of H-pyrrole nitrogens is 1. The van der Waals surface area contributed by atoms with E-state index in [1.54, 1.807) is 18.2 Å². The monoisotopic (exact) mass is 384 g/mol. The zero-order chi connectivity index (χ0) is 19.5. The Morgan fingerprint density at radius 2 is 2.12 bits per heavy atom. The average molecular weight is 385 g/mol. The smallest absolute Gasteiger partial charge is 0.300 e. The molecule has 26 heavy (non-hydrogen) atoms. The Morgan fingerprint density at radius 3 is 2.65 bits per heavy atom. The highest BCUT2D eigenvalue weighted by molar-refractivity contribution is 6.32. The van der Waals surface area contributed by atoms with Crippen molar-refractivity contribution in [2.24, 2.45) is 5.73 Å². The first-order chi connectivity index (χ1) is 12.3. The summed E-state index contributed by atoms with van der Waals surface area (Å²) in [7, 11) is 0. The van der Waals surface area contributed by atoms with E-state index in [0.717, 1.165) is 13.3 Å². The summed E-state index contributed by atoms with van der Waals surface area (Å²) < 4.78 is 5.46. The summed E-state index contributed by atoms with van der Waals surface area (Å²) in [5.41, 5.74) is 11.2. The van der Waals surface area contributed by atoms with Crippen LogP contribution in [0.25, 0.3) is 0 Å². The minimum Gasteiger partial charge on any atom is -0.492 e. The molecule has 0 unspecified atom stereocenters. The lowest BCUT2D eigenvalue weighted by molar-refractivity contribution is -0.134. The minimum atomic E-state index is -0.833. The number of carboxylic acids is 1. The van der Waals surface area contributed by atoms with Crippen molar-refractivity contribution in [2.75, 3.05) is 18.9 Å². The van der Waals surface area contributed by atoms with Gasteiger partial charge in [0.25, 0.3) is 11.9 Å². The third-order valence-electron chi connectivity index (χ3n) is 2.77. The van der Waals surface area contributed by atoms with Crippen molar-refractivity contribution in [3.05, 3.63) is 34.6 Å². The fraction of sp³-hybridized carbons (Fsp3) is 0.333. The van der Waals surface area contributed by atoms with Crippen molar-refractivity contribution in [2.45, 2.75) is 19.9 Å². The number of carbonyl (C=O) groups is 2. The summed E-state index contributed by atoms with van der Waals surface area (Å²) in [6.07, 6.45) is 0.735. The highest BCUT2D eigenvalue weighted by Crippen LogP contribution is 2.25. The Kier molecular flexibility index (Phi) is 8.88. The first-order valence-electron chi connectivity index (χ1n) is 7.60. The Hall–Kier alpha value is -2.85. The van der Waals surface area contributed by atoms with E-state index in [0.29, 0.717) is 35.3 Å². The molecule has 1 aromatic carbocycles. The number of aromatic amines is 1. The summed E-state index contributed by atoms with van der Waals surface area (Å²) in [4.78, 5) is 24.9. The molecule has 0 saturated carbocycles. The third-order valence-corrected chi connectivity index (χ3v) is 3.06. The largest absolute Gasteiger partial charge is 0.492 e. The lowest BCUT2D eigenvalue weighted by Gasteiger charge is -2.09. The van der Waals surface area contributed by atoms with E-state index in [9.17, 15) is 4.79 Å². The van der Waals surface area contributed by atoms with Gasteiger partial charge >= 0.3 is 0 Å². The SMILES string of the molecule is CC(=O)O.NCCCOc1ccc(C(=O)NCc2nc(N)n[nH]2)cc1Cl. The first-order valence-corrected chi connectivity index (χ1v) is 7.98. The topological polar surface area (TPSA) is 169 Å². The van der Waals surface area contributed by atoms with Gasteiger partial charge in [-0.15, -0.1) is 5.10 Å². The van der Waals surface area contributed by atoms with E-state index in [4.69, 9.17) is 37.7 Å². The standard InChI is InChI=1S/C13H17ClN6O2.C2H4O2/c14-9-6-8(2-3-10(9)22-5-1-4-15)12(21)17-7-11-18-13(16)20-19-11;1-2(3)4/h2-3,6H,1,4-5,7,15H2,(H,17,21)(H3,16,18,19,20);1H3,(H,3,4). The fourth-order valence-electron chi connectivity index (χ4n) is 1.68. The average Bonchev–Trinajstić information content (AvgIpc) is 2.99. The molecule has 1 amide bonds. The molecule has 0 spiro atoms. The number of anilines is 1. The molecular weight excluding hydrogens is 364 g/mol. The van der Waals surface area contributed by atoms with Gasteiger partial charge in [0.1, 0.15) is 11.6 Å². The maximum atomic E-state index is 12.0. The molecule has 0 aliphatic carbocycles. The fourth-order valence-corrected chi connectivity index (χ4v) is 1.91. The highest BCUT2D eigenvalue weighted by atomic mass is 35.5. The molecule has 2 aromatic rings. The van der Waals surface area contributed by atoms with Crippen LogP contribution in [0.4, 0.5) is 5.95 Å². The zero-order valence-electron chi connectivity index (χ0n) is 14.2. The van der Waals surface area contributed by atoms with E-state index in [-0.39, 0.29) is 18.4 Å². The minimum absolute atomic E-state index is 0.131. The number of ether oxygens (including phenoxy) is 1. The van der Waals surface area contributed by atoms with Crippen molar-refractivity contribution in [1.82, 2.24) is 20.5 Å². The van der Waals surface area contributed by atoms with E-state index < -0.39 is 5.97 Å². The van der Waals surface area contributed by atoms with Gasteiger partial charge in [0.05, 0.1) is 18.2 Å². The Labute approximate surface area is 154 Å². The van der Waals surface area contributed by atoms with Crippen LogP contribution in [0, 0.1) is 0 Å². The number of nitrogens with one attached hydrogen (secondary N) is 2. The van der Waals surface area contributed by atoms with Crippen molar-refractivity contribution in [3.8, 4) is 5.75 Å². The number of amides is 1. The van der Waals surface area contributed by atoms with Crippen LogP contribution in [0.5, 0.6) is 5.75 Å². The van der Waals surface area contributed by atoms with Gasteiger partial charge in [-0.25, -0.2) is 0 Å². The van der Waals surface area contributed by atoms with Gasteiger partial charge < -0.3 is 26.6 Å². The number of aromatic nitrogens is 3. The van der Waals surface area contributed by atoms with E-state index in [2.05, 4.69) is 20.5 Å². The summed E-state index contributed by atoms with van der Waals surface area (Å²) in [6.45, 7) is 2.30. The molecule has 0 saturated heterocycles. The highest BCUT2D eigenvalue weighted by Gasteiger charge is 2.10. The lowest BCUT2D eigenvalue weighted by Crippen LogP contribution is -2.23. The summed E-state index contributed by atoms with van der Waals surface area (Å²) in [6, 6.07) is 4.83. The Morgan fingerprint density at radius 1 is 1.42 bits per heavy atom. The molecule has 0 bridgehead atoms. The molecule has 1 heterocycles.